The molecule has 0 fully saturated rings. The number of esters is 1. The molecule has 6 nitrogen and oxygen atoms in total. The number of terminal acetylenes is 1. The molecule has 5 rings (SSSR count). The number of thiazole rings is 1. The van der Waals surface area contributed by atoms with Crippen molar-refractivity contribution in [2.24, 2.45) is 4.99 Å². The lowest BCUT2D eigenvalue weighted by Gasteiger charge is -2.24. The van der Waals surface area contributed by atoms with Crippen molar-refractivity contribution in [3.63, 3.8) is 0 Å². The summed E-state index contributed by atoms with van der Waals surface area (Å²) in [6, 6.07) is 18.9. The van der Waals surface area contributed by atoms with Crippen LogP contribution in [0, 0.1) is 19.3 Å². The van der Waals surface area contributed by atoms with E-state index >= 15 is 0 Å². The number of ether oxygens (including phenoxy) is 2. The molecular weight excluding hydrogens is 496 g/mol. The zero-order chi connectivity index (χ0) is 26.8. The lowest BCUT2D eigenvalue weighted by molar-refractivity contribution is -0.139. The third-order valence-electron chi connectivity index (χ3n) is 6.43. The van der Waals surface area contributed by atoms with Crippen molar-refractivity contribution in [3.8, 4) is 18.1 Å². The Morgan fingerprint density at radius 1 is 1.13 bits per heavy atom. The molecule has 0 unspecified atom stereocenters. The summed E-state index contributed by atoms with van der Waals surface area (Å²) in [5.41, 5.74) is 3.29. The molecule has 38 heavy (non-hydrogen) atoms. The Labute approximate surface area is 224 Å². The number of benzene rings is 3. The van der Waals surface area contributed by atoms with Crippen LogP contribution >= 0.6 is 11.3 Å². The third-order valence-corrected chi connectivity index (χ3v) is 7.41. The van der Waals surface area contributed by atoms with Gasteiger partial charge in [-0.25, -0.2) is 9.79 Å². The average Bonchev–Trinajstić information content (AvgIpc) is 3.22. The van der Waals surface area contributed by atoms with Gasteiger partial charge in [-0.2, -0.15) is 0 Å². The molecule has 0 N–H and O–H groups in total. The first-order valence-corrected chi connectivity index (χ1v) is 13.1. The summed E-state index contributed by atoms with van der Waals surface area (Å²) in [4.78, 5) is 32.3. The van der Waals surface area contributed by atoms with Crippen LogP contribution in [-0.4, -0.2) is 23.8 Å². The summed E-state index contributed by atoms with van der Waals surface area (Å²) in [5, 5.41) is 1.95. The van der Waals surface area contributed by atoms with E-state index in [0.717, 1.165) is 27.5 Å². The number of fused-ring (bicyclic) bond motifs is 2. The minimum Gasteiger partial charge on any atom is -0.480 e. The first-order chi connectivity index (χ1) is 18.4. The molecule has 0 saturated carbocycles. The molecule has 3 aromatic carbocycles. The van der Waals surface area contributed by atoms with Gasteiger partial charge in [-0.15, -0.1) is 6.42 Å². The fourth-order valence-corrected chi connectivity index (χ4v) is 5.68. The van der Waals surface area contributed by atoms with Crippen molar-refractivity contribution in [2.75, 3.05) is 13.2 Å². The van der Waals surface area contributed by atoms with Crippen LogP contribution in [0.4, 0.5) is 0 Å². The molecule has 0 aliphatic carbocycles. The Bertz CT molecular complexity index is 1800. The molecule has 0 radical (unpaired) electrons. The summed E-state index contributed by atoms with van der Waals surface area (Å²) >= 11 is 1.28. The van der Waals surface area contributed by atoms with Gasteiger partial charge in [-0.05, 0) is 49.2 Å². The van der Waals surface area contributed by atoms with E-state index in [2.05, 4.69) is 10.9 Å². The molecule has 7 heteroatoms. The number of aryl methyl sites for hydroxylation is 1. The topological polar surface area (TPSA) is 69.9 Å². The summed E-state index contributed by atoms with van der Waals surface area (Å²) in [5.74, 6) is 2.61. The minimum absolute atomic E-state index is 0.107. The number of hydrogen-bond donors (Lipinski definition) is 0. The van der Waals surface area contributed by atoms with Crippen molar-refractivity contribution in [2.45, 2.75) is 26.8 Å². The van der Waals surface area contributed by atoms with E-state index in [1.165, 1.54) is 11.3 Å². The second-order valence-electron chi connectivity index (χ2n) is 8.90. The fraction of sp³-hybridized carbons (Fsp3) is 0.194. The van der Waals surface area contributed by atoms with Crippen molar-refractivity contribution in [3.05, 3.63) is 108 Å². The first-order valence-electron chi connectivity index (χ1n) is 12.3. The smallest absolute Gasteiger partial charge is 0.338 e. The Balaban J connectivity index is 1.77. The van der Waals surface area contributed by atoms with Gasteiger partial charge < -0.3 is 9.47 Å². The lowest BCUT2D eigenvalue weighted by Crippen LogP contribution is -2.39. The minimum atomic E-state index is -0.655. The number of carbonyl (C=O) groups excluding carboxylic acids is 1. The molecule has 1 aliphatic rings. The van der Waals surface area contributed by atoms with E-state index in [-0.39, 0.29) is 18.8 Å². The predicted octanol–water partition coefficient (Wildman–Crippen LogP) is 4.27. The molecule has 0 saturated heterocycles. The maximum atomic E-state index is 14.0. The molecule has 190 valence electrons. The van der Waals surface area contributed by atoms with Crippen LogP contribution in [0.5, 0.6) is 5.75 Å². The van der Waals surface area contributed by atoms with E-state index in [0.29, 0.717) is 26.4 Å². The highest BCUT2D eigenvalue weighted by molar-refractivity contribution is 7.07. The van der Waals surface area contributed by atoms with Crippen LogP contribution in [-0.2, 0) is 9.53 Å². The highest BCUT2D eigenvalue weighted by Gasteiger charge is 2.33. The predicted molar refractivity (Wildman–Crippen MR) is 150 cm³/mol. The summed E-state index contributed by atoms with van der Waals surface area (Å²) in [7, 11) is 0. The van der Waals surface area contributed by atoms with Gasteiger partial charge in [-0.3, -0.25) is 9.36 Å². The van der Waals surface area contributed by atoms with Gasteiger partial charge in [0.25, 0.3) is 5.56 Å². The van der Waals surface area contributed by atoms with Crippen LogP contribution < -0.4 is 19.6 Å². The van der Waals surface area contributed by atoms with Gasteiger partial charge in [0.2, 0.25) is 0 Å². The van der Waals surface area contributed by atoms with Gasteiger partial charge in [0.1, 0.15) is 12.4 Å². The molecular formula is C31H26N2O4S. The second kappa shape index (κ2) is 10.5. The van der Waals surface area contributed by atoms with E-state index in [1.807, 2.05) is 73.7 Å². The van der Waals surface area contributed by atoms with Gasteiger partial charge in [0, 0.05) is 5.56 Å². The van der Waals surface area contributed by atoms with Crippen LogP contribution in [0.15, 0.2) is 81.7 Å². The van der Waals surface area contributed by atoms with Gasteiger partial charge in [0.15, 0.2) is 4.80 Å². The highest BCUT2D eigenvalue weighted by atomic mass is 32.1. The van der Waals surface area contributed by atoms with Crippen LogP contribution in [0.2, 0.25) is 0 Å². The molecule has 1 aliphatic heterocycles. The summed E-state index contributed by atoms with van der Waals surface area (Å²) in [6.07, 6.45) is 7.27. The number of hydrogen-bond acceptors (Lipinski definition) is 6. The molecule has 0 bridgehead atoms. The maximum Gasteiger partial charge on any atom is 0.338 e. The van der Waals surface area contributed by atoms with E-state index in [4.69, 9.17) is 15.9 Å². The standard InChI is InChI=1S/C31H26N2O4S/c1-5-17-37-25-16-15-21-9-7-8-10-23(21)24(25)18-26-29(34)33-28(22-13-11-19(3)12-14-22)27(30(35)36-6-2)20(4)32-31(33)38-26/h1,7-16,18,28H,6,17H2,2-4H3/b26-18-/t28-/m1/s1. The molecule has 4 aromatic rings. The average molecular weight is 523 g/mol. The van der Waals surface area contributed by atoms with E-state index < -0.39 is 12.0 Å². The number of nitrogens with zero attached hydrogens (tertiary/aromatic N) is 2. The monoisotopic (exact) mass is 522 g/mol. The van der Waals surface area contributed by atoms with E-state index in [9.17, 15) is 9.59 Å². The van der Waals surface area contributed by atoms with E-state index in [1.54, 1.807) is 18.4 Å². The van der Waals surface area contributed by atoms with Crippen LogP contribution in [0.25, 0.3) is 16.8 Å². The molecule has 0 amide bonds. The second-order valence-corrected chi connectivity index (χ2v) is 9.91. The van der Waals surface area contributed by atoms with Crippen molar-refractivity contribution in [1.82, 2.24) is 4.57 Å². The van der Waals surface area contributed by atoms with Crippen LogP contribution in [0.3, 0.4) is 0 Å². The summed E-state index contributed by atoms with van der Waals surface area (Å²) < 4.78 is 13.3. The number of allylic oxidation sites excluding steroid dienone is 1. The SMILES string of the molecule is C#CCOc1ccc2ccccc2c1/C=c1\sc2n(c1=O)[C@H](c1ccc(C)cc1)C(C(=O)OCC)=C(C)N=2. The largest absolute Gasteiger partial charge is 0.480 e. The Hall–Kier alpha value is -4.41. The summed E-state index contributed by atoms with van der Waals surface area (Å²) in [6.45, 7) is 5.86. The van der Waals surface area contributed by atoms with Crippen molar-refractivity contribution < 1.29 is 14.3 Å². The van der Waals surface area contributed by atoms with Crippen molar-refractivity contribution in [1.29, 1.82) is 0 Å². The highest BCUT2D eigenvalue weighted by Crippen LogP contribution is 2.32. The molecule has 1 atom stereocenters. The molecule has 2 heterocycles. The molecule has 1 aromatic heterocycles. The Morgan fingerprint density at radius 2 is 1.89 bits per heavy atom. The quantitative estimate of drug-likeness (QED) is 0.280. The van der Waals surface area contributed by atoms with Gasteiger partial charge in [-0.1, -0.05) is 77.4 Å². The lowest BCUT2D eigenvalue weighted by atomic mass is 9.95. The maximum absolute atomic E-state index is 14.0. The fourth-order valence-electron chi connectivity index (χ4n) is 4.66. The Morgan fingerprint density at radius 3 is 2.63 bits per heavy atom. The third kappa shape index (κ3) is 4.55. The van der Waals surface area contributed by atoms with Crippen molar-refractivity contribution >= 4 is 34.2 Å². The zero-order valence-electron chi connectivity index (χ0n) is 21.4. The number of rotatable bonds is 6. The zero-order valence-corrected chi connectivity index (χ0v) is 22.2. The molecule has 0 spiro atoms. The van der Waals surface area contributed by atoms with Gasteiger partial charge in [0.05, 0.1) is 28.5 Å². The number of carbonyl (C=O) groups is 1. The first kappa shape index (κ1) is 25.2. The normalized spacial score (nSPS) is 15.1. The van der Waals surface area contributed by atoms with Gasteiger partial charge >= 0.3 is 5.97 Å². The Kier molecular flexibility index (Phi) is 6.99. The van der Waals surface area contributed by atoms with Crippen LogP contribution in [0.1, 0.15) is 36.6 Å². The number of aromatic nitrogens is 1.